The molecule has 3 fully saturated rings. The number of ether oxygens (including phenoxy) is 2. The first-order chi connectivity index (χ1) is 21.1. The summed E-state index contributed by atoms with van der Waals surface area (Å²) in [6.07, 6.45) is 6.20. The molecular formula is C31H32FN9O3. The second-order valence-electron chi connectivity index (χ2n) is 12.1. The molecule has 0 spiro atoms. The van der Waals surface area contributed by atoms with Gasteiger partial charge in [0.2, 0.25) is 0 Å². The first-order valence-corrected chi connectivity index (χ1v) is 14.5. The van der Waals surface area contributed by atoms with Gasteiger partial charge >= 0.3 is 6.09 Å². The van der Waals surface area contributed by atoms with Crippen LogP contribution < -0.4 is 15.0 Å². The van der Waals surface area contributed by atoms with Crippen molar-refractivity contribution in [1.29, 1.82) is 0 Å². The topological polar surface area (TPSA) is 123 Å². The van der Waals surface area contributed by atoms with Crippen molar-refractivity contribution in [2.75, 3.05) is 23.3 Å². The lowest BCUT2D eigenvalue weighted by Gasteiger charge is -2.51. The highest BCUT2D eigenvalue weighted by atomic mass is 19.1. The highest BCUT2D eigenvalue weighted by Gasteiger charge is 2.43. The normalized spacial score (nSPS) is 18.2. The van der Waals surface area contributed by atoms with Crippen LogP contribution in [0.1, 0.15) is 39.2 Å². The van der Waals surface area contributed by atoms with Crippen molar-refractivity contribution >= 4 is 40.1 Å². The van der Waals surface area contributed by atoms with E-state index >= 15 is 4.39 Å². The number of fused-ring (bicyclic) bond motifs is 5. The average Bonchev–Trinajstić information content (AvgIpc) is 3.48. The lowest BCUT2D eigenvalue weighted by molar-refractivity contribution is 0.000789. The van der Waals surface area contributed by atoms with Gasteiger partial charge in [0.25, 0.3) is 0 Å². The van der Waals surface area contributed by atoms with E-state index in [1.54, 1.807) is 41.9 Å². The van der Waals surface area contributed by atoms with E-state index in [-0.39, 0.29) is 23.9 Å². The molecule has 5 aromatic rings. The van der Waals surface area contributed by atoms with Gasteiger partial charge in [0.05, 0.1) is 17.2 Å². The summed E-state index contributed by atoms with van der Waals surface area (Å²) in [5, 5.41) is 7.20. The molecule has 0 radical (unpaired) electrons. The fourth-order valence-electron chi connectivity index (χ4n) is 5.82. The Labute approximate surface area is 252 Å². The number of piperidine rings is 2. The zero-order valence-corrected chi connectivity index (χ0v) is 24.9. The molecule has 4 aromatic heterocycles. The predicted molar refractivity (Wildman–Crippen MR) is 162 cm³/mol. The molecule has 0 saturated carbocycles. The quantitative estimate of drug-likeness (QED) is 0.272. The second kappa shape index (κ2) is 10.6. The van der Waals surface area contributed by atoms with E-state index in [4.69, 9.17) is 14.5 Å². The minimum absolute atomic E-state index is 0.0352. The molecule has 3 saturated heterocycles. The van der Waals surface area contributed by atoms with Crippen LogP contribution in [0.5, 0.6) is 11.5 Å². The number of benzene rings is 1. The summed E-state index contributed by atoms with van der Waals surface area (Å²) in [7, 11) is 0. The molecule has 1 amide bonds. The zero-order chi connectivity index (χ0) is 30.6. The van der Waals surface area contributed by atoms with Crippen molar-refractivity contribution in [2.24, 2.45) is 0 Å². The van der Waals surface area contributed by atoms with Crippen LogP contribution in [0.15, 0.2) is 55.2 Å². The van der Waals surface area contributed by atoms with Gasteiger partial charge in [0, 0.05) is 37.0 Å². The lowest BCUT2D eigenvalue weighted by atomic mass is 9.91. The van der Waals surface area contributed by atoms with Crippen LogP contribution in [-0.4, -0.2) is 71.3 Å². The summed E-state index contributed by atoms with van der Waals surface area (Å²) >= 11 is 0. The molecule has 2 atom stereocenters. The summed E-state index contributed by atoms with van der Waals surface area (Å²) in [5.41, 5.74) is 1.80. The van der Waals surface area contributed by atoms with E-state index in [0.29, 0.717) is 52.7 Å². The first kappa shape index (κ1) is 27.7. The van der Waals surface area contributed by atoms with Gasteiger partial charge < -0.3 is 24.6 Å². The van der Waals surface area contributed by atoms with E-state index in [9.17, 15) is 4.79 Å². The molecule has 13 heteroatoms. The van der Waals surface area contributed by atoms with Gasteiger partial charge in [0.15, 0.2) is 17.3 Å². The summed E-state index contributed by atoms with van der Waals surface area (Å²) in [5.74, 6) is 1.58. The number of carbonyl (C=O) groups is 1. The van der Waals surface area contributed by atoms with Gasteiger partial charge in [0.1, 0.15) is 41.1 Å². The molecule has 0 unspecified atom stereocenters. The SMILES string of the molecule is Cc1c(Oc2ccn3ncnc3c2)ccc(Nc2ncnc3ccc(N4C[C@H]5CC[C@@H]4CN5C(=O)OC(C)(C)C)nc23)c1F. The van der Waals surface area contributed by atoms with Crippen molar-refractivity contribution in [3.8, 4) is 11.5 Å². The Balaban J connectivity index is 1.12. The van der Waals surface area contributed by atoms with E-state index in [2.05, 4.69) is 30.3 Å². The smallest absolute Gasteiger partial charge is 0.410 e. The van der Waals surface area contributed by atoms with E-state index in [0.717, 1.165) is 18.7 Å². The molecule has 3 aliphatic heterocycles. The molecule has 8 rings (SSSR count). The average molecular weight is 598 g/mol. The maximum atomic E-state index is 15.6. The summed E-state index contributed by atoms with van der Waals surface area (Å²) in [6.45, 7) is 8.51. The Bertz CT molecular complexity index is 1890. The fraction of sp³-hybridized carbons (Fsp3) is 0.355. The number of carbonyl (C=O) groups excluding carboxylic acids is 1. The molecule has 3 aliphatic rings. The Hall–Kier alpha value is -5.07. The fourth-order valence-corrected chi connectivity index (χ4v) is 5.82. The van der Waals surface area contributed by atoms with Gasteiger partial charge in [-0.2, -0.15) is 5.10 Å². The summed E-state index contributed by atoms with van der Waals surface area (Å²) in [6, 6.07) is 10.8. The van der Waals surface area contributed by atoms with Gasteiger partial charge in [-0.3, -0.25) is 0 Å². The van der Waals surface area contributed by atoms with E-state index < -0.39 is 11.4 Å². The highest BCUT2D eigenvalue weighted by molar-refractivity contribution is 5.88. The zero-order valence-electron chi connectivity index (χ0n) is 24.9. The van der Waals surface area contributed by atoms with Crippen LogP contribution in [0.25, 0.3) is 16.7 Å². The Kier molecular flexibility index (Phi) is 6.67. The monoisotopic (exact) mass is 597 g/mol. The van der Waals surface area contributed by atoms with Gasteiger partial charge in [-0.15, -0.1) is 0 Å². The molecule has 226 valence electrons. The van der Waals surface area contributed by atoms with Crippen molar-refractivity contribution in [2.45, 2.75) is 58.2 Å². The Morgan fingerprint density at radius 2 is 1.86 bits per heavy atom. The van der Waals surface area contributed by atoms with Gasteiger partial charge in [-0.1, -0.05) is 0 Å². The standard InChI is InChI=1S/C31H32FN9O3/c1-18-24(43-21-11-12-41-26(13-21)34-17-36-41)9-7-22(27(18)32)37-29-28-23(33-16-35-29)8-10-25(38-28)39-14-20-6-5-19(39)15-40(20)30(42)44-31(2,3)4/h7-13,16-17,19-20H,5-6,14-15H2,1-4H3,(H,33,35,37)/t19-,20-/m1/s1. The molecule has 7 heterocycles. The number of halogens is 1. The minimum atomic E-state index is -0.546. The van der Waals surface area contributed by atoms with E-state index in [1.165, 1.54) is 12.7 Å². The number of piperazine rings is 1. The molecule has 44 heavy (non-hydrogen) atoms. The van der Waals surface area contributed by atoms with Crippen molar-refractivity contribution in [3.05, 3.63) is 66.6 Å². The number of hydrogen-bond donors (Lipinski definition) is 1. The summed E-state index contributed by atoms with van der Waals surface area (Å²) in [4.78, 5) is 34.8. The second-order valence-corrected chi connectivity index (χ2v) is 12.1. The number of rotatable bonds is 5. The maximum Gasteiger partial charge on any atom is 0.410 e. The number of pyridine rings is 2. The van der Waals surface area contributed by atoms with Crippen LogP contribution >= 0.6 is 0 Å². The predicted octanol–water partition coefficient (Wildman–Crippen LogP) is 5.64. The lowest BCUT2D eigenvalue weighted by Crippen LogP contribution is -2.64. The Morgan fingerprint density at radius 1 is 1.02 bits per heavy atom. The number of nitrogens with zero attached hydrogens (tertiary/aromatic N) is 8. The third kappa shape index (κ3) is 5.18. The van der Waals surface area contributed by atoms with Gasteiger partial charge in [-0.25, -0.2) is 33.6 Å². The summed E-state index contributed by atoms with van der Waals surface area (Å²) < 4.78 is 28.9. The van der Waals surface area contributed by atoms with Gasteiger partial charge in [-0.05, 0) is 70.9 Å². The Morgan fingerprint density at radius 3 is 2.66 bits per heavy atom. The molecule has 1 aromatic carbocycles. The van der Waals surface area contributed by atoms with Crippen LogP contribution in [0.2, 0.25) is 0 Å². The molecule has 1 N–H and O–H groups in total. The third-order valence-electron chi connectivity index (χ3n) is 7.99. The van der Waals surface area contributed by atoms with Crippen molar-refractivity contribution in [1.82, 2.24) is 34.4 Å². The van der Waals surface area contributed by atoms with E-state index in [1.807, 2.05) is 37.8 Å². The number of hydrogen-bond acceptors (Lipinski definition) is 10. The highest BCUT2D eigenvalue weighted by Crippen LogP contribution is 2.36. The third-order valence-corrected chi connectivity index (χ3v) is 7.99. The van der Waals surface area contributed by atoms with Crippen LogP contribution in [-0.2, 0) is 4.74 Å². The minimum Gasteiger partial charge on any atom is -0.457 e. The first-order valence-electron chi connectivity index (χ1n) is 14.5. The van der Waals surface area contributed by atoms with Crippen LogP contribution in [0.4, 0.5) is 26.5 Å². The number of anilines is 3. The molecule has 12 nitrogen and oxygen atoms in total. The maximum absolute atomic E-state index is 15.6. The molecular weight excluding hydrogens is 565 g/mol. The number of aromatic nitrogens is 6. The molecule has 2 bridgehead atoms. The number of amides is 1. The largest absolute Gasteiger partial charge is 0.457 e. The van der Waals surface area contributed by atoms with Crippen molar-refractivity contribution < 1.29 is 18.7 Å². The molecule has 0 aliphatic carbocycles. The van der Waals surface area contributed by atoms with Crippen LogP contribution in [0.3, 0.4) is 0 Å². The van der Waals surface area contributed by atoms with Crippen LogP contribution in [0, 0.1) is 12.7 Å². The number of nitrogens with one attached hydrogen (secondary N) is 1. The van der Waals surface area contributed by atoms with Crippen molar-refractivity contribution in [3.63, 3.8) is 0 Å².